The Morgan fingerprint density at radius 1 is 1.56 bits per heavy atom. The fraction of sp³-hybridized carbons (Fsp3) is 0.333. The van der Waals surface area contributed by atoms with Crippen LogP contribution in [-0.2, 0) is 4.79 Å². The molecule has 5 nitrogen and oxygen atoms in total. The Morgan fingerprint density at radius 3 is 2.94 bits per heavy atom. The SMILES string of the molecule is CC1C(=O)NCCN1C(=O)c1ccc(Cl)cc1N. The van der Waals surface area contributed by atoms with Gasteiger partial charge in [-0.15, -0.1) is 0 Å². The van der Waals surface area contributed by atoms with Crippen molar-refractivity contribution >= 4 is 29.1 Å². The van der Waals surface area contributed by atoms with Crippen molar-refractivity contribution in [1.82, 2.24) is 10.2 Å². The number of hydrogen-bond donors (Lipinski definition) is 2. The van der Waals surface area contributed by atoms with Crippen molar-refractivity contribution in [2.75, 3.05) is 18.8 Å². The highest BCUT2D eigenvalue weighted by atomic mass is 35.5. The highest BCUT2D eigenvalue weighted by molar-refractivity contribution is 6.31. The Kier molecular flexibility index (Phi) is 3.43. The maximum atomic E-state index is 12.3. The van der Waals surface area contributed by atoms with E-state index in [1.807, 2.05) is 0 Å². The number of halogens is 1. The first-order chi connectivity index (χ1) is 8.50. The van der Waals surface area contributed by atoms with Crippen LogP contribution in [0.15, 0.2) is 18.2 Å². The van der Waals surface area contributed by atoms with E-state index in [1.165, 1.54) is 11.0 Å². The number of rotatable bonds is 1. The van der Waals surface area contributed by atoms with Gasteiger partial charge in [-0.25, -0.2) is 0 Å². The average Bonchev–Trinajstić information content (AvgIpc) is 2.32. The van der Waals surface area contributed by atoms with Gasteiger partial charge in [-0.1, -0.05) is 11.6 Å². The lowest BCUT2D eigenvalue weighted by molar-refractivity contribution is -0.127. The third-order valence-corrected chi connectivity index (χ3v) is 3.24. The molecule has 0 radical (unpaired) electrons. The van der Waals surface area contributed by atoms with Crippen LogP contribution >= 0.6 is 11.6 Å². The second kappa shape index (κ2) is 4.86. The first-order valence-corrected chi connectivity index (χ1v) is 6.02. The zero-order chi connectivity index (χ0) is 13.3. The Hall–Kier alpha value is -1.75. The number of carbonyl (C=O) groups excluding carboxylic acids is 2. The van der Waals surface area contributed by atoms with Gasteiger partial charge in [0.2, 0.25) is 5.91 Å². The second-order valence-electron chi connectivity index (χ2n) is 4.20. The number of nitrogens with one attached hydrogen (secondary N) is 1. The van der Waals surface area contributed by atoms with Gasteiger partial charge >= 0.3 is 0 Å². The summed E-state index contributed by atoms with van der Waals surface area (Å²) in [7, 11) is 0. The smallest absolute Gasteiger partial charge is 0.256 e. The first kappa shape index (κ1) is 12.7. The average molecular weight is 268 g/mol. The number of nitrogens with zero attached hydrogens (tertiary/aromatic N) is 1. The minimum Gasteiger partial charge on any atom is -0.398 e. The van der Waals surface area contributed by atoms with Gasteiger partial charge in [-0.2, -0.15) is 0 Å². The van der Waals surface area contributed by atoms with Gasteiger partial charge in [0.25, 0.3) is 5.91 Å². The van der Waals surface area contributed by atoms with Crippen LogP contribution in [0, 0.1) is 0 Å². The summed E-state index contributed by atoms with van der Waals surface area (Å²) >= 11 is 5.79. The van der Waals surface area contributed by atoms with Crippen molar-refractivity contribution in [2.24, 2.45) is 0 Å². The molecule has 1 unspecified atom stereocenters. The third-order valence-electron chi connectivity index (χ3n) is 3.00. The molecule has 1 saturated heterocycles. The highest BCUT2D eigenvalue weighted by Crippen LogP contribution is 2.21. The number of nitrogens with two attached hydrogens (primary N) is 1. The molecule has 1 aromatic rings. The van der Waals surface area contributed by atoms with E-state index in [0.717, 1.165) is 0 Å². The molecule has 1 fully saturated rings. The van der Waals surface area contributed by atoms with Crippen LogP contribution in [0.25, 0.3) is 0 Å². The molecule has 96 valence electrons. The van der Waals surface area contributed by atoms with E-state index in [2.05, 4.69) is 5.32 Å². The second-order valence-corrected chi connectivity index (χ2v) is 4.63. The summed E-state index contributed by atoms with van der Waals surface area (Å²) in [5.41, 5.74) is 6.48. The van der Waals surface area contributed by atoms with E-state index >= 15 is 0 Å². The van der Waals surface area contributed by atoms with Crippen LogP contribution in [-0.4, -0.2) is 35.8 Å². The van der Waals surface area contributed by atoms with Crippen LogP contribution in [0.3, 0.4) is 0 Å². The van der Waals surface area contributed by atoms with Crippen LogP contribution < -0.4 is 11.1 Å². The minimum absolute atomic E-state index is 0.151. The lowest BCUT2D eigenvalue weighted by Gasteiger charge is -2.33. The molecular formula is C12H14ClN3O2. The van der Waals surface area contributed by atoms with Crippen LogP contribution in [0.5, 0.6) is 0 Å². The number of benzene rings is 1. The number of hydrogen-bond acceptors (Lipinski definition) is 3. The minimum atomic E-state index is -0.485. The molecule has 1 aliphatic heterocycles. The van der Waals surface area contributed by atoms with E-state index in [1.54, 1.807) is 19.1 Å². The first-order valence-electron chi connectivity index (χ1n) is 5.64. The molecule has 2 rings (SSSR count). The van der Waals surface area contributed by atoms with Crippen molar-refractivity contribution in [3.63, 3.8) is 0 Å². The lowest BCUT2D eigenvalue weighted by Crippen LogP contribution is -2.55. The molecule has 0 saturated carbocycles. The largest absolute Gasteiger partial charge is 0.398 e. The van der Waals surface area contributed by atoms with Gasteiger partial charge in [0.1, 0.15) is 6.04 Å². The number of carbonyl (C=O) groups is 2. The van der Waals surface area contributed by atoms with Crippen molar-refractivity contribution < 1.29 is 9.59 Å². The van der Waals surface area contributed by atoms with Crippen molar-refractivity contribution in [2.45, 2.75) is 13.0 Å². The van der Waals surface area contributed by atoms with Crippen molar-refractivity contribution in [3.05, 3.63) is 28.8 Å². The predicted molar refractivity (Wildman–Crippen MR) is 69.4 cm³/mol. The quantitative estimate of drug-likeness (QED) is 0.742. The van der Waals surface area contributed by atoms with Gasteiger partial charge in [-0.05, 0) is 25.1 Å². The van der Waals surface area contributed by atoms with E-state index in [4.69, 9.17) is 17.3 Å². The molecule has 0 bridgehead atoms. The summed E-state index contributed by atoms with van der Waals surface area (Å²) in [5, 5.41) is 3.19. The molecule has 18 heavy (non-hydrogen) atoms. The van der Waals surface area contributed by atoms with Gasteiger partial charge in [0.15, 0.2) is 0 Å². The molecule has 0 aliphatic carbocycles. The Balaban J connectivity index is 2.28. The molecule has 1 heterocycles. The summed E-state index contributed by atoms with van der Waals surface area (Å²) < 4.78 is 0. The summed E-state index contributed by atoms with van der Waals surface area (Å²) in [6, 6.07) is 4.24. The summed E-state index contributed by atoms with van der Waals surface area (Å²) in [6.45, 7) is 2.63. The van der Waals surface area contributed by atoms with Gasteiger partial charge in [0.05, 0.1) is 5.56 Å². The Morgan fingerprint density at radius 2 is 2.28 bits per heavy atom. The van der Waals surface area contributed by atoms with Crippen molar-refractivity contribution in [3.8, 4) is 0 Å². The van der Waals surface area contributed by atoms with E-state index in [0.29, 0.717) is 29.4 Å². The van der Waals surface area contributed by atoms with Gasteiger partial charge in [0, 0.05) is 23.8 Å². The number of anilines is 1. The zero-order valence-electron chi connectivity index (χ0n) is 9.94. The third kappa shape index (κ3) is 2.26. The molecule has 0 aromatic heterocycles. The zero-order valence-corrected chi connectivity index (χ0v) is 10.7. The normalized spacial score (nSPS) is 19.6. The van der Waals surface area contributed by atoms with Crippen LogP contribution in [0.1, 0.15) is 17.3 Å². The van der Waals surface area contributed by atoms with Crippen molar-refractivity contribution in [1.29, 1.82) is 0 Å². The molecule has 2 amide bonds. The molecule has 0 spiro atoms. The summed E-state index contributed by atoms with van der Waals surface area (Å²) in [5.74, 6) is -0.395. The molecule has 1 aromatic carbocycles. The molecule has 6 heteroatoms. The standard InChI is InChI=1S/C12H14ClN3O2/c1-7-11(17)15-4-5-16(7)12(18)9-3-2-8(13)6-10(9)14/h2-3,6-7H,4-5,14H2,1H3,(H,15,17). The van der Waals surface area contributed by atoms with Crippen LogP contribution in [0.2, 0.25) is 5.02 Å². The number of piperazine rings is 1. The Bertz CT molecular complexity index is 504. The maximum absolute atomic E-state index is 12.3. The topological polar surface area (TPSA) is 75.4 Å². The van der Waals surface area contributed by atoms with E-state index in [-0.39, 0.29) is 11.8 Å². The van der Waals surface area contributed by atoms with E-state index in [9.17, 15) is 9.59 Å². The molecule has 1 aliphatic rings. The van der Waals surface area contributed by atoms with Gasteiger partial charge in [-0.3, -0.25) is 9.59 Å². The number of nitrogen functional groups attached to an aromatic ring is 1. The van der Waals surface area contributed by atoms with Crippen LogP contribution in [0.4, 0.5) is 5.69 Å². The molecular weight excluding hydrogens is 254 g/mol. The fourth-order valence-electron chi connectivity index (χ4n) is 1.94. The lowest BCUT2D eigenvalue weighted by atomic mass is 10.1. The fourth-order valence-corrected chi connectivity index (χ4v) is 2.12. The summed E-state index contributed by atoms with van der Waals surface area (Å²) in [4.78, 5) is 25.3. The summed E-state index contributed by atoms with van der Waals surface area (Å²) in [6.07, 6.45) is 0. The monoisotopic (exact) mass is 267 g/mol. The number of amides is 2. The highest BCUT2D eigenvalue weighted by Gasteiger charge is 2.30. The Labute approximate surface area is 110 Å². The predicted octanol–water partition coefficient (Wildman–Crippen LogP) is 0.883. The molecule has 1 atom stereocenters. The molecule has 3 N–H and O–H groups in total. The van der Waals surface area contributed by atoms with Gasteiger partial charge < -0.3 is 16.0 Å². The van der Waals surface area contributed by atoms with E-state index < -0.39 is 6.04 Å². The maximum Gasteiger partial charge on any atom is 0.256 e.